The van der Waals surface area contributed by atoms with E-state index in [1.165, 1.54) is 12.1 Å². The lowest BCUT2D eigenvalue weighted by atomic mass is 9.97. The molecule has 0 amide bonds. The molecule has 2 N–H and O–H groups in total. The quantitative estimate of drug-likeness (QED) is 0.923. The fraction of sp³-hybridized carbons (Fsp3) is 0.214. The van der Waals surface area contributed by atoms with E-state index in [1.54, 1.807) is 24.5 Å². The number of nitrogens with two attached hydrogens (primary N) is 1. The van der Waals surface area contributed by atoms with Gasteiger partial charge in [-0.2, -0.15) is 0 Å². The van der Waals surface area contributed by atoms with Gasteiger partial charge in [0.25, 0.3) is 0 Å². The van der Waals surface area contributed by atoms with Crippen molar-refractivity contribution >= 4 is 11.6 Å². The Morgan fingerprint density at radius 2 is 2.17 bits per heavy atom. The van der Waals surface area contributed by atoms with Gasteiger partial charge >= 0.3 is 0 Å². The van der Waals surface area contributed by atoms with E-state index in [-0.39, 0.29) is 11.9 Å². The predicted octanol–water partition coefficient (Wildman–Crippen LogP) is 3.43. The first-order chi connectivity index (χ1) is 8.58. The SMILES string of the molecule is Cc1ccc(F)cc1CC(N)c1ccncc1Cl. The number of aromatic nitrogens is 1. The Labute approximate surface area is 111 Å². The summed E-state index contributed by atoms with van der Waals surface area (Å²) < 4.78 is 13.2. The van der Waals surface area contributed by atoms with E-state index >= 15 is 0 Å². The first kappa shape index (κ1) is 13.0. The zero-order valence-electron chi connectivity index (χ0n) is 10.0. The van der Waals surface area contributed by atoms with Crippen LogP contribution in [0.25, 0.3) is 0 Å². The fourth-order valence-corrected chi connectivity index (χ4v) is 2.15. The van der Waals surface area contributed by atoms with Gasteiger partial charge in [0.1, 0.15) is 5.82 Å². The van der Waals surface area contributed by atoms with Crippen LogP contribution in [-0.4, -0.2) is 4.98 Å². The van der Waals surface area contributed by atoms with Crippen molar-refractivity contribution in [2.24, 2.45) is 5.73 Å². The molecule has 2 aromatic rings. The summed E-state index contributed by atoms with van der Waals surface area (Å²) in [6.45, 7) is 1.94. The van der Waals surface area contributed by atoms with Gasteiger partial charge < -0.3 is 5.73 Å². The van der Waals surface area contributed by atoms with Crippen molar-refractivity contribution in [3.05, 3.63) is 64.2 Å². The molecule has 0 aliphatic rings. The van der Waals surface area contributed by atoms with Gasteiger partial charge in [-0.1, -0.05) is 17.7 Å². The molecule has 0 aliphatic carbocycles. The molecule has 0 spiro atoms. The molecule has 0 saturated heterocycles. The maximum atomic E-state index is 13.2. The second-order valence-corrected chi connectivity index (χ2v) is 4.69. The van der Waals surface area contributed by atoms with E-state index in [4.69, 9.17) is 17.3 Å². The van der Waals surface area contributed by atoms with Crippen molar-refractivity contribution in [2.75, 3.05) is 0 Å². The monoisotopic (exact) mass is 264 g/mol. The molecular weight excluding hydrogens is 251 g/mol. The van der Waals surface area contributed by atoms with Gasteiger partial charge in [-0.3, -0.25) is 4.98 Å². The van der Waals surface area contributed by atoms with Gasteiger partial charge in [0.15, 0.2) is 0 Å². The largest absolute Gasteiger partial charge is 0.324 e. The first-order valence-corrected chi connectivity index (χ1v) is 6.05. The molecular formula is C14H14ClFN2. The number of pyridine rings is 1. The van der Waals surface area contributed by atoms with Crippen LogP contribution < -0.4 is 5.73 Å². The maximum Gasteiger partial charge on any atom is 0.123 e. The molecule has 94 valence electrons. The summed E-state index contributed by atoms with van der Waals surface area (Å²) in [5.41, 5.74) is 8.86. The molecule has 2 nitrogen and oxygen atoms in total. The zero-order valence-corrected chi connectivity index (χ0v) is 10.8. The Morgan fingerprint density at radius 1 is 1.39 bits per heavy atom. The second kappa shape index (κ2) is 5.46. The summed E-state index contributed by atoms with van der Waals surface area (Å²) in [4.78, 5) is 3.92. The van der Waals surface area contributed by atoms with Crippen molar-refractivity contribution < 1.29 is 4.39 Å². The lowest BCUT2D eigenvalue weighted by Gasteiger charge is -2.15. The van der Waals surface area contributed by atoms with Crippen molar-refractivity contribution in [3.63, 3.8) is 0 Å². The van der Waals surface area contributed by atoms with Gasteiger partial charge in [0.2, 0.25) is 0 Å². The molecule has 1 atom stereocenters. The van der Waals surface area contributed by atoms with E-state index < -0.39 is 0 Å². The van der Waals surface area contributed by atoms with E-state index in [0.29, 0.717) is 11.4 Å². The summed E-state index contributed by atoms with van der Waals surface area (Å²) in [6, 6.07) is 6.25. The highest BCUT2D eigenvalue weighted by Crippen LogP contribution is 2.24. The molecule has 0 aliphatic heterocycles. The first-order valence-electron chi connectivity index (χ1n) is 5.68. The molecule has 0 radical (unpaired) electrons. The number of rotatable bonds is 3. The average Bonchev–Trinajstić information content (AvgIpc) is 2.34. The molecule has 1 unspecified atom stereocenters. The highest BCUT2D eigenvalue weighted by Gasteiger charge is 2.12. The van der Waals surface area contributed by atoms with Gasteiger partial charge in [-0.25, -0.2) is 4.39 Å². The molecule has 2 rings (SSSR count). The van der Waals surface area contributed by atoms with E-state index in [9.17, 15) is 4.39 Å². The number of nitrogens with zero attached hydrogens (tertiary/aromatic N) is 1. The Kier molecular flexibility index (Phi) is 3.94. The van der Waals surface area contributed by atoms with Crippen LogP contribution in [0.15, 0.2) is 36.7 Å². The lowest BCUT2D eigenvalue weighted by Crippen LogP contribution is -2.14. The molecule has 0 saturated carbocycles. The minimum atomic E-state index is -0.263. The molecule has 1 aromatic carbocycles. The third-order valence-electron chi connectivity index (χ3n) is 2.95. The van der Waals surface area contributed by atoms with Gasteiger partial charge in [-0.15, -0.1) is 0 Å². The summed E-state index contributed by atoms with van der Waals surface area (Å²) in [7, 11) is 0. The van der Waals surface area contributed by atoms with E-state index in [1.807, 2.05) is 6.92 Å². The van der Waals surface area contributed by atoms with E-state index in [2.05, 4.69) is 4.98 Å². The van der Waals surface area contributed by atoms with Gasteiger partial charge in [-0.05, 0) is 48.2 Å². The van der Waals surface area contributed by atoms with Crippen LogP contribution >= 0.6 is 11.6 Å². The van der Waals surface area contributed by atoms with Crippen LogP contribution in [-0.2, 0) is 6.42 Å². The molecule has 4 heteroatoms. The second-order valence-electron chi connectivity index (χ2n) is 4.28. The van der Waals surface area contributed by atoms with Crippen LogP contribution in [0.2, 0.25) is 5.02 Å². The smallest absolute Gasteiger partial charge is 0.123 e. The Bertz CT molecular complexity index is 557. The highest BCUT2D eigenvalue weighted by atomic mass is 35.5. The Balaban J connectivity index is 2.24. The normalized spacial score (nSPS) is 12.4. The van der Waals surface area contributed by atoms with Crippen LogP contribution in [0, 0.1) is 12.7 Å². The molecule has 18 heavy (non-hydrogen) atoms. The third kappa shape index (κ3) is 2.86. The topological polar surface area (TPSA) is 38.9 Å². The minimum Gasteiger partial charge on any atom is -0.324 e. The summed E-state index contributed by atoms with van der Waals surface area (Å²) in [5.74, 6) is -0.247. The number of aryl methyl sites for hydroxylation is 1. The predicted molar refractivity (Wildman–Crippen MR) is 71.0 cm³/mol. The maximum absolute atomic E-state index is 13.2. The summed E-state index contributed by atoms with van der Waals surface area (Å²) in [5, 5.41) is 0.541. The number of hydrogen-bond donors (Lipinski definition) is 1. The fourth-order valence-electron chi connectivity index (χ4n) is 1.89. The third-order valence-corrected chi connectivity index (χ3v) is 3.27. The Hall–Kier alpha value is -1.45. The van der Waals surface area contributed by atoms with Gasteiger partial charge in [0.05, 0.1) is 5.02 Å². The molecule has 0 fully saturated rings. The van der Waals surface area contributed by atoms with E-state index in [0.717, 1.165) is 16.7 Å². The number of benzene rings is 1. The Morgan fingerprint density at radius 3 is 2.89 bits per heavy atom. The highest BCUT2D eigenvalue weighted by molar-refractivity contribution is 6.31. The molecule has 0 bridgehead atoms. The van der Waals surface area contributed by atoms with Crippen LogP contribution in [0.4, 0.5) is 4.39 Å². The summed E-state index contributed by atoms with van der Waals surface area (Å²) >= 11 is 6.04. The number of hydrogen-bond acceptors (Lipinski definition) is 2. The van der Waals surface area contributed by atoms with Crippen molar-refractivity contribution in [1.29, 1.82) is 0 Å². The van der Waals surface area contributed by atoms with Crippen molar-refractivity contribution in [3.8, 4) is 0 Å². The lowest BCUT2D eigenvalue weighted by molar-refractivity contribution is 0.621. The van der Waals surface area contributed by atoms with Crippen LogP contribution in [0.1, 0.15) is 22.7 Å². The standard InChI is InChI=1S/C14H14ClFN2/c1-9-2-3-11(16)6-10(9)7-14(17)12-4-5-18-8-13(12)15/h2-6,8,14H,7,17H2,1H3. The average molecular weight is 265 g/mol. The number of halogens is 2. The van der Waals surface area contributed by atoms with Crippen molar-refractivity contribution in [1.82, 2.24) is 4.98 Å². The van der Waals surface area contributed by atoms with Crippen LogP contribution in [0.5, 0.6) is 0 Å². The molecule has 1 aromatic heterocycles. The van der Waals surface area contributed by atoms with Crippen molar-refractivity contribution in [2.45, 2.75) is 19.4 Å². The summed E-state index contributed by atoms with van der Waals surface area (Å²) in [6.07, 6.45) is 3.77. The molecule has 1 heterocycles. The van der Waals surface area contributed by atoms with Crippen LogP contribution in [0.3, 0.4) is 0 Å². The minimum absolute atomic E-state index is 0.247. The van der Waals surface area contributed by atoms with Gasteiger partial charge in [0, 0.05) is 18.4 Å². The zero-order chi connectivity index (χ0) is 13.1.